The maximum absolute atomic E-state index is 13.5. The van der Waals surface area contributed by atoms with Crippen LogP contribution in [0.4, 0.5) is 17.6 Å². The molecule has 0 aliphatic heterocycles. The van der Waals surface area contributed by atoms with Crippen LogP contribution < -0.4 is 0 Å². The van der Waals surface area contributed by atoms with Crippen LogP contribution in [0.15, 0.2) is 48.8 Å². The van der Waals surface area contributed by atoms with Crippen molar-refractivity contribution in [3.05, 3.63) is 77.1 Å². The maximum atomic E-state index is 13.5. The van der Waals surface area contributed by atoms with E-state index in [1.165, 1.54) is 12.3 Å². The van der Waals surface area contributed by atoms with Crippen molar-refractivity contribution in [2.24, 2.45) is 0 Å². The lowest BCUT2D eigenvalue weighted by atomic mass is 10.0. The molecule has 130 valence electrons. The predicted octanol–water partition coefficient (Wildman–Crippen LogP) is 3.82. The normalized spacial score (nSPS) is 13.0. The number of hydrogen-bond donors (Lipinski definition) is 1. The Morgan fingerprint density at radius 2 is 1.88 bits per heavy atom. The molecule has 0 radical (unpaired) electrons. The van der Waals surface area contributed by atoms with Crippen LogP contribution in [0.5, 0.6) is 0 Å². The highest BCUT2D eigenvalue weighted by Crippen LogP contribution is 2.33. The number of halogens is 4. The van der Waals surface area contributed by atoms with E-state index < -0.39 is 23.7 Å². The van der Waals surface area contributed by atoms with Gasteiger partial charge >= 0.3 is 6.18 Å². The Bertz CT molecular complexity index is 905. The third-order valence-electron chi connectivity index (χ3n) is 3.59. The zero-order chi connectivity index (χ0) is 18.2. The smallest absolute Gasteiger partial charge is 0.382 e. The Kier molecular flexibility index (Phi) is 4.30. The van der Waals surface area contributed by atoms with Crippen molar-refractivity contribution in [2.75, 3.05) is 0 Å². The van der Waals surface area contributed by atoms with Gasteiger partial charge in [-0.3, -0.25) is 4.98 Å². The largest absolute Gasteiger partial charge is 0.416 e. The number of aryl methyl sites for hydroxylation is 1. The molecule has 0 saturated carbocycles. The van der Waals surface area contributed by atoms with Crippen molar-refractivity contribution in [3.63, 3.8) is 0 Å². The van der Waals surface area contributed by atoms with Gasteiger partial charge in [-0.1, -0.05) is 0 Å². The van der Waals surface area contributed by atoms with E-state index >= 15 is 0 Å². The summed E-state index contributed by atoms with van der Waals surface area (Å²) in [4.78, 5) is 3.97. The van der Waals surface area contributed by atoms with Crippen LogP contribution >= 0.6 is 0 Å². The molecular formula is C17H13F4N3O. The first-order valence-electron chi connectivity index (χ1n) is 7.28. The molecule has 0 aliphatic rings. The van der Waals surface area contributed by atoms with Crippen molar-refractivity contribution >= 4 is 0 Å². The van der Waals surface area contributed by atoms with Crippen LogP contribution in [0, 0.1) is 12.7 Å². The van der Waals surface area contributed by atoms with Gasteiger partial charge < -0.3 is 5.11 Å². The molecule has 2 heterocycles. The number of aromatic nitrogens is 3. The molecule has 0 amide bonds. The molecule has 3 rings (SSSR count). The number of alkyl halides is 3. The van der Waals surface area contributed by atoms with Gasteiger partial charge in [-0.05, 0) is 48.9 Å². The van der Waals surface area contributed by atoms with E-state index in [4.69, 9.17) is 0 Å². The minimum atomic E-state index is -4.71. The number of hydrogen-bond acceptors (Lipinski definition) is 3. The van der Waals surface area contributed by atoms with E-state index in [2.05, 4.69) is 10.1 Å². The summed E-state index contributed by atoms with van der Waals surface area (Å²) in [6.45, 7) is 1.80. The third kappa shape index (κ3) is 3.69. The van der Waals surface area contributed by atoms with E-state index in [0.717, 1.165) is 11.8 Å². The average molecular weight is 351 g/mol. The Labute approximate surface area is 140 Å². The molecule has 0 spiro atoms. The van der Waals surface area contributed by atoms with E-state index in [9.17, 15) is 22.7 Å². The highest BCUT2D eigenvalue weighted by atomic mass is 19.4. The summed E-state index contributed by atoms with van der Waals surface area (Å²) in [5, 5.41) is 14.6. The Morgan fingerprint density at radius 1 is 1.12 bits per heavy atom. The van der Waals surface area contributed by atoms with E-state index in [1.54, 1.807) is 29.9 Å². The van der Waals surface area contributed by atoms with Crippen molar-refractivity contribution in [2.45, 2.75) is 19.2 Å². The standard InChI is InChI=1S/C17H13F4N3O/c1-10-3-5-24(23-10)14-2-4-22-15(9-14)16(25)11-6-12(17(19,20)21)8-13(18)7-11/h2-9,16,25H,1H3. The predicted molar refractivity (Wildman–Crippen MR) is 81.6 cm³/mol. The molecule has 3 aromatic rings. The highest BCUT2D eigenvalue weighted by molar-refractivity contribution is 5.37. The second kappa shape index (κ2) is 6.29. The van der Waals surface area contributed by atoms with Gasteiger partial charge in [-0.15, -0.1) is 0 Å². The number of pyridine rings is 1. The quantitative estimate of drug-likeness (QED) is 0.730. The van der Waals surface area contributed by atoms with Crippen molar-refractivity contribution in [3.8, 4) is 5.69 Å². The minimum Gasteiger partial charge on any atom is -0.382 e. The number of rotatable bonds is 3. The molecule has 2 aromatic heterocycles. The number of nitrogens with zero attached hydrogens (tertiary/aromatic N) is 3. The van der Waals surface area contributed by atoms with Crippen LogP contribution in [-0.4, -0.2) is 19.9 Å². The fourth-order valence-corrected chi connectivity index (χ4v) is 2.39. The second-order valence-corrected chi connectivity index (χ2v) is 5.51. The van der Waals surface area contributed by atoms with Crippen LogP contribution in [0.3, 0.4) is 0 Å². The number of aliphatic hydroxyl groups is 1. The second-order valence-electron chi connectivity index (χ2n) is 5.51. The zero-order valence-electron chi connectivity index (χ0n) is 13.0. The Hall–Kier alpha value is -2.74. The summed E-state index contributed by atoms with van der Waals surface area (Å²) in [6.07, 6.45) is -3.12. The van der Waals surface area contributed by atoms with Gasteiger partial charge in [0.15, 0.2) is 0 Å². The van der Waals surface area contributed by atoms with Crippen LogP contribution in [0.2, 0.25) is 0 Å². The topological polar surface area (TPSA) is 50.9 Å². The summed E-state index contributed by atoms with van der Waals surface area (Å²) >= 11 is 0. The molecule has 0 saturated heterocycles. The minimum absolute atomic E-state index is 0.0874. The number of benzene rings is 1. The van der Waals surface area contributed by atoms with Gasteiger partial charge in [0, 0.05) is 12.4 Å². The Balaban J connectivity index is 1.99. The van der Waals surface area contributed by atoms with Gasteiger partial charge in [0.2, 0.25) is 0 Å². The molecule has 1 aromatic carbocycles. The Morgan fingerprint density at radius 3 is 2.52 bits per heavy atom. The fraction of sp³-hybridized carbons (Fsp3) is 0.176. The first-order chi connectivity index (χ1) is 11.7. The molecule has 0 aliphatic carbocycles. The lowest BCUT2D eigenvalue weighted by Gasteiger charge is -2.14. The summed E-state index contributed by atoms with van der Waals surface area (Å²) < 4.78 is 53.6. The molecule has 4 nitrogen and oxygen atoms in total. The van der Waals surface area contributed by atoms with E-state index in [0.29, 0.717) is 17.8 Å². The third-order valence-corrected chi connectivity index (χ3v) is 3.59. The van der Waals surface area contributed by atoms with Gasteiger partial charge in [-0.25, -0.2) is 9.07 Å². The molecule has 25 heavy (non-hydrogen) atoms. The summed E-state index contributed by atoms with van der Waals surface area (Å²) in [5.41, 5.74) is 0.0434. The first kappa shape index (κ1) is 17.1. The first-order valence-corrected chi connectivity index (χ1v) is 7.28. The van der Waals surface area contributed by atoms with Gasteiger partial charge in [-0.2, -0.15) is 18.3 Å². The van der Waals surface area contributed by atoms with Gasteiger partial charge in [0.1, 0.15) is 11.9 Å². The van der Waals surface area contributed by atoms with Crippen molar-refractivity contribution in [1.82, 2.24) is 14.8 Å². The maximum Gasteiger partial charge on any atom is 0.416 e. The lowest BCUT2D eigenvalue weighted by molar-refractivity contribution is -0.137. The summed E-state index contributed by atoms with van der Waals surface area (Å²) in [5.74, 6) is -1.08. The summed E-state index contributed by atoms with van der Waals surface area (Å²) in [7, 11) is 0. The van der Waals surface area contributed by atoms with Crippen LogP contribution in [0.25, 0.3) is 5.69 Å². The molecule has 0 bridgehead atoms. The molecule has 8 heteroatoms. The molecule has 0 fully saturated rings. The van der Waals surface area contributed by atoms with Crippen LogP contribution in [0.1, 0.15) is 28.6 Å². The molecule has 1 unspecified atom stereocenters. The highest BCUT2D eigenvalue weighted by Gasteiger charge is 2.32. The molecule has 1 atom stereocenters. The average Bonchev–Trinajstić information content (AvgIpc) is 2.99. The molecule has 1 N–H and O–H groups in total. The monoisotopic (exact) mass is 351 g/mol. The zero-order valence-corrected chi connectivity index (χ0v) is 13.0. The summed E-state index contributed by atoms with van der Waals surface area (Å²) in [6, 6.07) is 6.84. The van der Waals surface area contributed by atoms with Crippen LogP contribution in [-0.2, 0) is 6.18 Å². The number of aliphatic hydroxyl groups excluding tert-OH is 1. The van der Waals surface area contributed by atoms with Crippen molar-refractivity contribution < 1.29 is 22.7 Å². The van der Waals surface area contributed by atoms with Crippen molar-refractivity contribution in [1.29, 1.82) is 0 Å². The SMILES string of the molecule is Cc1ccn(-c2ccnc(C(O)c3cc(F)cc(C(F)(F)F)c3)c2)n1. The fourth-order valence-electron chi connectivity index (χ4n) is 2.39. The van der Waals surface area contributed by atoms with Gasteiger partial charge in [0.25, 0.3) is 0 Å². The molecular weight excluding hydrogens is 338 g/mol. The lowest BCUT2D eigenvalue weighted by Crippen LogP contribution is -2.10. The van der Waals surface area contributed by atoms with Gasteiger partial charge in [0.05, 0.1) is 22.6 Å². The van der Waals surface area contributed by atoms with E-state index in [-0.39, 0.29) is 11.3 Å². The van der Waals surface area contributed by atoms with E-state index in [1.807, 2.05) is 0 Å².